The van der Waals surface area contributed by atoms with Crippen molar-refractivity contribution in [1.29, 1.82) is 0 Å². The monoisotopic (exact) mass is 303 g/mol. The van der Waals surface area contributed by atoms with Crippen molar-refractivity contribution < 1.29 is 14.2 Å². The van der Waals surface area contributed by atoms with Gasteiger partial charge in [0.2, 0.25) is 0 Å². The lowest BCUT2D eigenvalue weighted by Crippen LogP contribution is -2.31. The first-order chi connectivity index (χ1) is 10.6. The van der Waals surface area contributed by atoms with Crippen molar-refractivity contribution in [3.8, 4) is 5.75 Å². The Morgan fingerprint density at radius 3 is 2.32 bits per heavy atom. The molecule has 0 saturated heterocycles. The summed E-state index contributed by atoms with van der Waals surface area (Å²) in [5, 5.41) is 13.5. The fraction of sp³-hybridized carbons (Fsp3) is 0.333. The summed E-state index contributed by atoms with van der Waals surface area (Å²) >= 11 is 0. The molecule has 0 aliphatic heterocycles. The molecule has 0 aromatic heterocycles. The summed E-state index contributed by atoms with van der Waals surface area (Å²) in [4.78, 5) is 0. The Hall–Kier alpha value is -1.91. The lowest BCUT2D eigenvalue weighted by molar-refractivity contribution is 0.135. The molecule has 2 rings (SSSR count). The molecule has 0 saturated carbocycles. The number of rotatable bonds is 7. The normalized spacial score (nSPS) is 13.6. The molecule has 2 N–H and O–H groups in total. The molecular weight excluding hydrogens is 281 g/mol. The van der Waals surface area contributed by atoms with Crippen LogP contribution in [-0.4, -0.2) is 17.8 Å². The van der Waals surface area contributed by atoms with Gasteiger partial charge in [-0.05, 0) is 49.2 Å². The number of ether oxygens (including phenoxy) is 1. The quantitative estimate of drug-likeness (QED) is 0.823. The maximum atomic E-state index is 12.9. The summed E-state index contributed by atoms with van der Waals surface area (Å²) in [7, 11) is 0. The molecule has 0 bridgehead atoms. The number of benzene rings is 2. The van der Waals surface area contributed by atoms with Gasteiger partial charge in [0.05, 0.1) is 12.7 Å². The smallest absolute Gasteiger partial charge is 0.123 e. The third-order valence-electron chi connectivity index (χ3n) is 3.55. The third kappa shape index (κ3) is 4.55. The summed E-state index contributed by atoms with van der Waals surface area (Å²) in [6.45, 7) is 5.15. The van der Waals surface area contributed by atoms with Crippen LogP contribution in [0.4, 0.5) is 4.39 Å². The van der Waals surface area contributed by atoms with E-state index in [1.807, 2.05) is 38.1 Å². The van der Waals surface area contributed by atoms with Crippen LogP contribution in [0, 0.1) is 5.82 Å². The van der Waals surface area contributed by atoms with Gasteiger partial charge in [-0.15, -0.1) is 0 Å². The Morgan fingerprint density at radius 1 is 1.09 bits per heavy atom. The van der Waals surface area contributed by atoms with Crippen molar-refractivity contribution in [2.75, 3.05) is 6.61 Å². The molecular formula is C18H22FNO2. The van der Waals surface area contributed by atoms with E-state index in [1.54, 1.807) is 12.1 Å². The summed E-state index contributed by atoms with van der Waals surface area (Å²) < 4.78 is 18.3. The van der Waals surface area contributed by atoms with Crippen LogP contribution in [0.2, 0.25) is 0 Å². The highest BCUT2D eigenvalue weighted by Gasteiger charge is 2.15. The second kappa shape index (κ2) is 7.92. The molecule has 22 heavy (non-hydrogen) atoms. The number of halogens is 1. The first kappa shape index (κ1) is 16.5. The van der Waals surface area contributed by atoms with Crippen LogP contribution in [0.1, 0.15) is 31.1 Å². The molecule has 2 atom stereocenters. The minimum atomic E-state index is -0.678. The Balaban J connectivity index is 1.88. The first-order valence-corrected chi connectivity index (χ1v) is 7.48. The second-order valence-electron chi connectivity index (χ2n) is 5.24. The lowest BCUT2D eigenvalue weighted by atomic mass is 10.0. The van der Waals surface area contributed by atoms with Crippen LogP contribution in [0.5, 0.6) is 5.75 Å². The van der Waals surface area contributed by atoms with Crippen LogP contribution in [-0.2, 0) is 6.54 Å². The number of hydrogen-bond donors (Lipinski definition) is 2. The molecule has 2 aromatic carbocycles. The zero-order chi connectivity index (χ0) is 15.9. The van der Waals surface area contributed by atoms with E-state index in [4.69, 9.17) is 4.74 Å². The van der Waals surface area contributed by atoms with Gasteiger partial charge in [-0.3, -0.25) is 0 Å². The van der Waals surface area contributed by atoms with E-state index < -0.39 is 6.10 Å². The van der Waals surface area contributed by atoms with Gasteiger partial charge in [0.1, 0.15) is 11.6 Å². The molecule has 0 aliphatic rings. The van der Waals surface area contributed by atoms with Gasteiger partial charge in [0, 0.05) is 12.6 Å². The highest BCUT2D eigenvalue weighted by molar-refractivity contribution is 5.27. The van der Waals surface area contributed by atoms with E-state index in [-0.39, 0.29) is 11.9 Å². The van der Waals surface area contributed by atoms with Gasteiger partial charge >= 0.3 is 0 Å². The predicted molar refractivity (Wildman–Crippen MR) is 85.3 cm³/mol. The Labute approximate surface area is 130 Å². The van der Waals surface area contributed by atoms with Crippen molar-refractivity contribution in [1.82, 2.24) is 5.32 Å². The highest BCUT2D eigenvalue weighted by Crippen LogP contribution is 2.18. The first-order valence-electron chi connectivity index (χ1n) is 7.48. The minimum Gasteiger partial charge on any atom is -0.494 e. The van der Waals surface area contributed by atoms with Crippen LogP contribution in [0.25, 0.3) is 0 Å². The van der Waals surface area contributed by atoms with E-state index in [1.165, 1.54) is 12.1 Å². The predicted octanol–water partition coefficient (Wildman–Crippen LogP) is 3.44. The number of aliphatic hydroxyl groups excluding tert-OH is 1. The van der Waals surface area contributed by atoms with E-state index in [9.17, 15) is 9.50 Å². The Bertz CT molecular complexity index is 569. The SMILES string of the molecule is CCOc1ccc(CNC(C)C(O)c2ccc(F)cc2)cc1. The molecule has 118 valence electrons. The van der Waals surface area contributed by atoms with E-state index in [0.29, 0.717) is 18.7 Å². The fourth-order valence-electron chi connectivity index (χ4n) is 2.21. The van der Waals surface area contributed by atoms with Crippen molar-refractivity contribution in [2.24, 2.45) is 0 Å². The average Bonchev–Trinajstić information content (AvgIpc) is 2.54. The molecule has 3 nitrogen and oxygen atoms in total. The second-order valence-corrected chi connectivity index (χ2v) is 5.24. The highest BCUT2D eigenvalue weighted by atomic mass is 19.1. The zero-order valence-corrected chi connectivity index (χ0v) is 12.9. The van der Waals surface area contributed by atoms with Crippen molar-refractivity contribution in [3.63, 3.8) is 0 Å². The molecule has 0 amide bonds. The van der Waals surface area contributed by atoms with Gasteiger partial charge in [-0.25, -0.2) is 4.39 Å². The van der Waals surface area contributed by atoms with E-state index in [0.717, 1.165) is 11.3 Å². The molecule has 0 heterocycles. The summed E-state index contributed by atoms with van der Waals surface area (Å²) in [6, 6.07) is 13.6. The van der Waals surface area contributed by atoms with Crippen molar-refractivity contribution in [3.05, 3.63) is 65.5 Å². The maximum absolute atomic E-state index is 12.9. The maximum Gasteiger partial charge on any atom is 0.123 e. The van der Waals surface area contributed by atoms with Crippen molar-refractivity contribution in [2.45, 2.75) is 32.5 Å². The van der Waals surface area contributed by atoms with Crippen LogP contribution >= 0.6 is 0 Å². The zero-order valence-electron chi connectivity index (χ0n) is 12.9. The molecule has 0 spiro atoms. The van der Waals surface area contributed by atoms with Gasteiger partial charge in [-0.1, -0.05) is 24.3 Å². The number of aliphatic hydroxyl groups is 1. The minimum absolute atomic E-state index is 0.142. The van der Waals surface area contributed by atoms with Gasteiger partial charge in [0.25, 0.3) is 0 Å². The largest absolute Gasteiger partial charge is 0.494 e. The van der Waals surface area contributed by atoms with Crippen LogP contribution in [0.3, 0.4) is 0 Å². The average molecular weight is 303 g/mol. The number of hydrogen-bond acceptors (Lipinski definition) is 3. The summed E-state index contributed by atoms with van der Waals surface area (Å²) in [5.74, 6) is 0.552. The summed E-state index contributed by atoms with van der Waals surface area (Å²) in [5.41, 5.74) is 1.81. The van der Waals surface area contributed by atoms with Gasteiger partial charge in [0.15, 0.2) is 0 Å². The number of nitrogens with one attached hydrogen (secondary N) is 1. The van der Waals surface area contributed by atoms with E-state index in [2.05, 4.69) is 5.32 Å². The Kier molecular flexibility index (Phi) is 5.92. The fourth-order valence-corrected chi connectivity index (χ4v) is 2.21. The van der Waals surface area contributed by atoms with Gasteiger partial charge in [-0.2, -0.15) is 0 Å². The topological polar surface area (TPSA) is 41.5 Å². The molecule has 0 aliphatic carbocycles. The molecule has 2 unspecified atom stereocenters. The van der Waals surface area contributed by atoms with Crippen molar-refractivity contribution >= 4 is 0 Å². The van der Waals surface area contributed by atoms with E-state index >= 15 is 0 Å². The van der Waals surface area contributed by atoms with Gasteiger partial charge < -0.3 is 15.2 Å². The lowest BCUT2D eigenvalue weighted by Gasteiger charge is -2.21. The molecule has 0 radical (unpaired) electrons. The Morgan fingerprint density at radius 2 is 1.73 bits per heavy atom. The van der Waals surface area contributed by atoms with Crippen LogP contribution in [0.15, 0.2) is 48.5 Å². The standard InChI is InChI=1S/C18H22FNO2/c1-3-22-17-10-4-14(5-11-17)12-20-13(2)18(21)15-6-8-16(19)9-7-15/h4-11,13,18,20-21H,3,12H2,1-2H3. The molecule has 2 aromatic rings. The third-order valence-corrected chi connectivity index (χ3v) is 3.55. The summed E-state index contributed by atoms with van der Waals surface area (Å²) in [6.07, 6.45) is -0.678. The van der Waals surface area contributed by atoms with Crippen LogP contribution < -0.4 is 10.1 Å². The molecule has 0 fully saturated rings. The molecule has 4 heteroatoms.